The van der Waals surface area contributed by atoms with E-state index >= 15 is 0 Å². The first kappa shape index (κ1) is 17.7. The van der Waals surface area contributed by atoms with Crippen LogP contribution >= 0.6 is 22.6 Å². The number of oxazole rings is 1. The van der Waals surface area contributed by atoms with Gasteiger partial charge in [0.1, 0.15) is 11.3 Å². The SMILES string of the molecule is Cc1cc(I)c(O)c(C=Nc2cccc(-c3nc4ccc(C)cc4o3)c2)c1. The minimum atomic E-state index is 0.246. The van der Waals surface area contributed by atoms with Crippen LogP contribution in [0.4, 0.5) is 5.69 Å². The van der Waals surface area contributed by atoms with E-state index in [1.807, 2.05) is 68.4 Å². The molecule has 0 spiro atoms. The van der Waals surface area contributed by atoms with E-state index in [4.69, 9.17) is 4.42 Å². The number of phenolic OH excluding ortho intramolecular Hbond substituents is 1. The van der Waals surface area contributed by atoms with Gasteiger partial charge in [-0.15, -0.1) is 0 Å². The van der Waals surface area contributed by atoms with Gasteiger partial charge in [-0.2, -0.15) is 0 Å². The third kappa shape index (κ3) is 3.73. The Hall–Kier alpha value is -2.67. The lowest BCUT2D eigenvalue weighted by atomic mass is 10.1. The van der Waals surface area contributed by atoms with Crippen molar-refractivity contribution in [2.45, 2.75) is 13.8 Å². The fourth-order valence-electron chi connectivity index (χ4n) is 2.88. The molecule has 134 valence electrons. The van der Waals surface area contributed by atoms with E-state index in [1.165, 1.54) is 0 Å². The second-order valence-electron chi connectivity index (χ2n) is 6.48. The number of nitrogens with zero attached hydrogens (tertiary/aromatic N) is 2. The van der Waals surface area contributed by atoms with Crippen LogP contribution in [0.5, 0.6) is 5.75 Å². The zero-order valence-electron chi connectivity index (χ0n) is 14.9. The van der Waals surface area contributed by atoms with Crippen LogP contribution in [0, 0.1) is 17.4 Å². The van der Waals surface area contributed by atoms with E-state index in [-0.39, 0.29) is 5.75 Å². The van der Waals surface area contributed by atoms with Gasteiger partial charge in [0.2, 0.25) is 5.89 Å². The monoisotopic (exact) mass is 468 g/mol. The molecule has 0 atom stereocenters. The van der Waals surface area contributed by atoms with Crippen molar-refractivity contribution in [2.75, 3.05) is 0 Å². The molecular formula is C22H17IN2O2. The molecule has 0 saturated heterocycles. The number of rotatable bonds is 3. The largest absolute Gasteiger partial charge is 0.506 e. The number of hydrogen-bond donors (Lipinski definition) is 1. The zero-order valence-corrected chi connectivity index (χ0v) is 17.1. The standard InChI is InChI=1S/C22H17IN2O2/c1-13-6-7-19-20(10-13)27-22(25-19)15-4-3-5-17(11-15)24-12-16-8-14(2)9-18(23)21(16)26/h3-12,26H,1-2H3. The van der Waals surface area contributed by atoms with Crippen molar-refractivity contribution in [1.29, 1.82) is 0 Å². The molecule has 0 radical (unpaired) electrons. The Labute approximate surface area is 170 Å². The van der Waals surface area contributed by atoms with Gasteiger partial charge in [0.05, 0.1) is 9.26 Å². The van der Waals surface area contributed by atoms with Gasteiger partial charge in [0.25, 0.3) is 0 Å². The lowest BCUT2D eigenvalue weighted by Gasteiger charge is -2.04. The van der Waals surface area contributed by atoms with E-state index in [1.54, 1.807) is 6.21 Å². The van der Waals surface area contributed by atoms with Crippen LogP contribution in [0.3, 0.4) is 0 Å². The molecule has 0 unspecified atom stereocenters. The number of aryl methyl sites for hydroxylation is 2. The minimum Gasteiger partial charge on any atom is -0.506 e. The van der Waals surface area contributed by atoms with Crippen LogP contribution in [0.25, 0.3) is 22.6 Å². The lowest BCUT2D eigenvalue weighted by molar-refractivity contribution is 0.470. The van der Waals surface area contributed by atoms with Crippen LogP contribution in [-0.2, 0) is 0 Å². The molecule has 4 nitrogen and oxygen atoms in total. The normalized spacial score (nSPS) is 11.5. The van der Waals surface area contributed by atoms with Crippen LogP contribution < -0.4 is 0 Å². The van der Waals surface area contributed by atoms with Crippen molar-refractivity contribution < 1.29 is 9.52 Å². The van der Waals surface area contributed by atoms with Crippen LogP contribution in [0.2, 0.25) is 0 Å². The molecule has 1 N–H and O–H groups in total. The average Bonchev–Trinajstić information content (AvgIpc) is 3.07. The molecular weight excluding hydrogens is 451 g/mol. The Morgan fingerprint density at radius 2 is 1.89 bits per heavy atom. The van der Waals surface area contributed by atoms with Crippen molar-refractivity contribution in [3.63, 3.8) is 0 Å². The average molecular weight is 468 g/mol. The Kier molecular flexibility index (Phi) is 4.70. The second-order valence-corrected chi connectivity index (χ2v) is 7.65. The highest BCUT2D eigenvalue weighted by atomic mass is 127. The molecule has 0 aliphatic carbocycles. The van der Waals surface area contributed by atoms with Gasteiger partial charge in [-0.1, -0.05) is 12.1 Å². The molecule has 0 aliphatic rings. The minimum absolute atomic E-state index is 0.246. The summed E-state index contributed by atoms with van der Waals surface area (Å²) in [6.45, 7) is 4.02. The molecule has 0 aliphatic heterocycles. The number of aromatic hydroxyl groups is 1. The Bertz CT molecular complexity index is 1180. The third-order valence-corrected chi connectivity index (χ3v) is 5.05. The maximum absolute atomic E-state index is 10.2. The van der Waals surface area contributed by atoms with Crippen molar-refractivity contribution >= 4 is 45.6 Å². The number of phenols is 1. The van der Waals surface area contributed by atoms with E-state index in [2.05, 4.69) is 32.6 Å². The quantitative estimate of drug-likeness (QED) is 0.289. The summed E-state index contributed by atoms with van der Waals surface area (Å²) in [5, 5.41) is 10.2. The molecule has 1 heterocycles. The van der Waals surface area contributed by atoms with Gasteiger partial charge in [-0.25, -0.2) is 4.98 Å². The summed E-state index contributed by atoms with van der Waals surface area (Å²) in [7, 11) is 0. The molecule has 4 aromatic rings. The topological polar surface area (TPSA) is 58.6 Å². The van der Waals surface area contributed by atoms with Crippen LogP contribution in [-0.4, -0.2) is 16.3 Å². The number of fused-ring (bicyclic) bond motifs is 1. The molecule has 0 bridgehead atoms. The van der Waals surface area contributed by atoms with Crippen molar-refractivity contribution in [3.05, 3.63) is 74.9 Å². The van der Waals surface area contributed by atoms with Gasteiger partial charge >= 0.3 is 0 Å². The summed E-state index contributed by atoms with van der Waals surface area (Å²) in [6.07, 6.45) is 1.68. The Morgan fingerprint density at radius 3 is 2.74 bits per heavy atom. The lowest BCUT2D eigenvalue weighted by Crippen LogP contribution is -1.87. The summed E-state index contributed by atoms with van der Waals surface area (Å²) in [4.78, 5) is 9.08. The van der Waals surface area contributed by atoms with Crippen molar-refractivity contribution in [1.82, 2.24) is 4.98 Å². The van der Waals surface area contributed by atoms with E-state index < -0.39 is 0 Å². The molecule has 27 heavy (non-hydrogen) atoms. The van der Waals surface area contributed by atoms with Gasteiger partial charge in [-0.05, 0) is 90.0 Å². The molecule has 0 fully saturated rings. The molecule has 4 rings (SSSR count). The smallest absolute Gasteiger partial charge is 0.227 e. The summed E-state index contributed by atoms with van der Waals surface area (Å²) < 4.78 is 6.71. The van der Waals surface area contributed by atoms with E-state index in [9.17, 15) is 5.11 Å². The molecule has 0 saturated carbocycles. The summed E-state index contributed by atoms with van der Waals surface area (Å²) >= 11 is 2.12. The number of aliphatic imine (C=N–C) groups is 1. The predicted molar refractivity (Wildman–Crippen MR) is 117 cm³/mol. The Morgan fingerprint density at radius 1 is 1.04 bits per heavy atom. The predicted octanol–water partition coefficient (Wildman–Crippen LogP) is 6.17. The molecule has 1 aromatic heterocycles. The third-order valence-electron chi connectivity index (χ3n) is 4.23. The highest BCUT2D eigenvalue weighted by molar-refractivity contribution is 14.1. The molecule has 0 amide bonds. The zero-order chi connectivity index (χ0) is 19.0. The van der Waals surface area contributed by atoms with E-state index in [0.717, 1.165) is 37.0 Å². The molecule has 5 heteroatoms. The maximum Gasteiger partial charge on any atom is 0.227 e. The van der Waals surface area contributed by atoms with Crippen molar-refractivity contribution in [2.24, 2.45) is 4.99 Å². The summed E-state index contributed by atoms with van der Waals surface area (Å²) in [5.74, 6) is 0.816. The first-order valence-electron chi connectivity index (χ1n) is 8.50. The van der Waals surface area contributed by atoms with Gasteiger partial charge in [0, 0.05) is 17.3 Å². The van der Waals surface area contributed by atoms with Crippen molar-refractivity contribution in [3.8, 4) is 17.2 Å². The Balaban J connectivity index is 1.68. The van der Waals surface area contributed by atoms with Crippen LogP contribution in [0.1, 0.15) is 16.7 Å². The van der Waals surface area contributed by atoms with E-state index in [0.29, 0.717) is 11.5 Å². The van der Waals surface area contributed by atoms with Gasteiger partial charge in [0.15, 0.2) is 5.58 Å². The number of halogens is 1. The first-order chi connectivity index (χ1) is 13.0. The highest BCUT2D eigenvalue weighted by Gasteiger charge is 2.09. The maximum atomic E-state index is 10.2. The summed E-state index contributed by atoms with van der Waals surface area (Å²) in [5.41, 5.74) is 6.15. The van der Waals surface area contributed by atoms with Gasteiger partial charge in [-0.3, -0.25) is 4.99 Å². The van der Waals surface area contributed by atoms with Crippen LogP contribution in [0.15, 0.2) is 64.0 Å². The number of aromatic nitrogens is 1. The number of hydrogen-bond acceptors (Lipinski definition) is 4. The fourth-order valence-corrected chi connectivity index (χ4v) is 3.68. The first-order valence-corrected chi connectivity index (χ1v) is 9.58. The summed E-state index contributed by atoms with van der Waals surface area (Å²) in [6, 6.07) is 17.5. The fraction of sp³-hybridized carbons (Fsp3) is 0.0909. The highest BCUT2D eigenvalue weighted by Crippen LogP contribution is 2.29. The number of benzene rings is 3. The second kappa shape index (κ2) is 7.15. The molecule has 3 aromatic carbocycles. The van der Waals surface area contributed by atoms with Gasteiger partial charge < -0.3 is 9.52 Å².